The number of hydrogen-bond acceptors (Lipinski definition) is 3. The van der Waals surface area contributed by atoms with Gasteiger partial charge < -0.3 is 14.8 Å². The van der Waals surface area contributed by atoms with Gasteiger partial charge in [0, 0.05) is 25.1 Å². The lowest BCUT2D eigenvalue weighted by Crippen LogP contribution is -2.42. The van der Waals surface area contributed by atoms with Crippen LogP contribution in [0.1, 0.15) is 24.5 Å². The first-order valence-electron chi connectivity index (χ1n) is 6.33. The highest BCUT2D eigenvalue weighted by Gasteiger charge is 2.28. The molecule has 0 aromatic heterocycles. The molecule has 1 unspecified atom stereocenters. The van der Waals surface area contributed by atoms with E-state index in [1.165, 1.54) is 11.1 Å². The molecule has 1 aromatic rings. The minimum Gasteiger partial charge on any atom is -0.493 e. The summed E-state index contributed by atoms with van der Waals surface area (Å²) < 4.78 is 11.0. The second-order valence-corrected chi connectivity index (χ2v) is 5.26. The van der Waals surface area contributed by atoms with Crippen LogP contribution in [-0.2, 0) is 17.7 Å². The summed E-state index contributed by atoms with van der Waals surface area (Å²) in [4.78, 5) is 0. The van der Waals surface area contributed by atoms with Gasteiger partial charge in [-0.2, -0.15) is 0 Å². The molecule has 1 fully saturated rings. The second kappa shape index (κ2) is 4.31. The van der Waals surface area contributed by atoms with Crippen molar-refractivity contribution in [3.63, 3.8) is 0 Å². The second-order valence-electron chi connectivity index (χ2n) is 5.26. The Morgan fingerprint density at radius 1 is 1.35 bits per heavy atom. The van der Waals surface area contributed by atoms with E-state index in [0.29, 0.717) is 0 Å². The molecule has 3 nitrogen and oxygen atoms in total. The SMILES string of the molecule is CC1(NCc2ccc3c(c2)CCO3)CCOC1. The molecule has 0 bridgehead atoms. The van der Waals surface area contributed by atoms with Crippen LogP contribution in [0.4, 0.5) is 0 Å². The third kappa shape index (κ3) is 2.31. The number of fused-ring (bicyclic) bond motifs is 1. The summed E-state index contributed by atoms with van der Waals surface area (Å²) in [6.45, 7) is 5.67. The average Bonchev–Trinajstić information content (AvgIpc) is 2.95. The maximum absolute atomic E-state index is 5.51. The Hall–Kier alpha value is -1.06. The van der Waals surface area contributed by atoms with Gasteiger partial charge in [0.2, 0.25) is 0 Å². The van der Waals surface area contributed by atoms with Crippen molar-refractivity contribution in [3.8, 4) is 5.75 Å². The third-order valence-corrected chi connectivity index (χ3v) is 3.69. The van der Waals surface area contributed by atoms with E-state index in [1.807, 2.05) is 0 Å². The summed E-state index contributed by atoms with van der Waals surface area (Å²) in [7, 11) is 0. The van der Waals surface area contributed by atoms with Gasteiger partial charge in [-0.1, -0.05) is 12.1 Å². The number of benzene rings is 1. The van der Waals surface area contributed by atoms with Gasteiger partial charge in [-0.15, -0.1) is 0 Å². The molecule has 1 aromatic carbocycles. The van der Waals surface area contributed by atoms with Crippen LogP contribution in [0.3, 0.4) is 0 Å². The Morgan fingerprint density at radius 2 is 2.29 bits per heavy atom. The lowest BCUT2D eigenvalue weighted by molar-refractivity contribution is 0.171. The van der Waals surface area contributed by atoms with E-state index in [9.17, 15) is 0 Å². The van der Waals surface area contributed by atoms with E-state index in [0.717, 1.165) is 45.0 Å². The molecule has 1 N–H and O–H groups in total. The summed E-state index contributed by atoms with van der Waals surface area (Å²) in [6, 6.07) is 6.50. The Bertz CT molecular complexity index is 411. The average molecular weight is 233 g/mol. The fourth-order valence-electron chi connectivity index (χ4n) is 2.47. The standard InChI is InChI=1S/C14H19NO2/c1-14(5-7-16-10-14)15-9-11-2-3-13-12(8-11)4-6-17-13/h2-3,8,15H,4-7,9-10H2,1H3. The van der Waals surface area contributed by atoms with Crippen LogP contribution >= 0.6 is 0 Å². The minimum atomic E-state index is 0.148. The summed E-state index contributed by atoms with van der Waals surface area (Å²) in [5.41, 5.74) is 2.83. The molecular formula is C14H19NO2. The molecule has 1 atom stereocenters. The molecule has 0 saturated carbocycles. The van der Waals surface area contributed by atoms with E-state index in [1.54, 1.807) is 0 Å². The smallest absolute Gasteiger partial charge is 0.122 e. The van der Waals surface area contributed by atoms with Gasteiger partial charge >= 0.3 is 0 Å². The van der Waals surface area contributed by atoms with Gasteiger partial charge in [-0.05, 0) is 30.5 Å². The van der Waals surface area contributed by atoms with Gasteiger partial charge in [-0.25, -0.2) is 0 Å². The third-order valence-electron chi connectivity index (χ3n) is 3.69. The van der Waals surface area contributed by atoms with E-state index >= 15 is 0 Å². The van der Waals surface area contributed by atoms with Gasteiger partial charge in [0.25, 0.3) is 0 Å². The Kier molecular flexibility index (Phi) is 2.81. The Labute approximate surface area is 102 Å². The highest BCUT2D eigenvalue weighted by molar-refractivity contribution is 5.39. The first-order chi connectivity index (χ1) is 8.25. The predicted octanol–water partition coefficient (Wildman–Crippen LogP) is 1.89. The first-order valence-corrected chi connectivity index (χ1v) is 6.33. The number of rotatable bonds is 3. The zero-order chi connectivity index (χ0) is 11.7. The molecule has 2 aliphatic rings. The van der Waals surface area contributed by atoms with Gasteiger partial charge in [0.05, 0.1) is 13.2 Å². The summed E-state index contributed by atoms with van der Waals surface area (Å²) in [5, 5.41) is 3.60. The zero-order valence-corrected chi connectivity index (χ0v) is 10.3. The quantitative estimate of drug-likeness (QED) is 0.865. The van der Waals surface area contributed by atoms with Crippen molar-refractivity contribution in [2.24, 2.45) is 0 Å². The lowest BCUT2D eigenvalue weighted by Gasteiger charge is -2.23. The predicted molar refractivity (Wildman–Crippen MR) is 66.3 cm³/mol. The molecule has 0 radical (unpaired) electrons. The highest BCUT2D eigenvalue weighted by atomic mass is 16.5. The Morgan fingerprint density at radius 3 is 3.12 bits per heavy atom. The number of hydrogen-bond donors (Lipinski definition) is 1. The van der Waals surface area contributed by atoms with Crippen molar-refractivity contribution in [1.29, 1.82) is 0 Å². The van der Waals surface area contributed by atoms with Crippen LogP contribution < -0.4 is 10.1 Å². The fourth-order valence-corrected chi connectivity index (χ4v) is 2.47. The van der Waals surface area contributed by atoms with Gasteiger partial charge in [-0.3, -0.25) is 0 Å². The largest absolute Gasteiger partial charge is 0.493 e. The zero-order valence-electron chi connectivity index (χ0n) is 10.3. The monoisotopic (exact) mass is 233 g/mol. The molecule has 2 heterocycles. The molecule has 3 rings (SSSR count). The maximum atomic E-state index is 5.51. The van der Waals surface area contributed by atoms with Gasteiger partial charge in [0.1, 0.15) is 5.75 Å². The normalized spacial score (nSPS) is 26.9. The van der Waals surface area contributed by atoms with Crippen LogP contribution in [-0.4, -0.2) is 25.4 Å². The Balaban J connectivity index is 1.65. The van der Waals surface area contributed by atoms with Crippen molar-refractivity contribution in [2.75, 3.05) is 19.8 Å². The van der Waals surface area contributed by atoms with Crippen molar-refractivity contribution >= 4 is 0 Å². The van der Waals surface area contributed by atoms with Crippen molar-refractivity contribution < 1.29 is 9.47 Å². The van der Waals surface area contributed by atoms with Crippen LogP contribution in [0.15, 0.2) is 18.2 Å². The van der Waals surface area contributed by atoms with Crippen molar-refractivity contribution in [1.82, 2.24) is 5.32 Å². The molecular weight excluding hydrogens is 214 g/mol. The number of nitrogens with one attached hydrogen (secondary N) is 1. The molecule has 1 saturated heterocycles. The lowest BCUT2D eigenvalue weighted by atomic mass is 10.0. The van der Waals surface area contributed by atoms with E-state index in [-0.39, 0.29) is 5.54 Å². The molecule has 0 amide bonds. The number of ether oxygens (including phenoxy) is 2. The summed E-state index contributed by atoms with van der Waals surface area (Å²) >= 11 is 0. The summed E-state index contributed by atoms with van der Waals surface area (Å²) in [5.74, 6) is 1.06. The van der Waals surface area contributed by atoms with Crippen LogP contribution in [0, 0.1) is 0 Å². The molecule has 0 spiro atoms. The molecule has 17 heavy (non-hydrogen) atoms. The molecule has 3 heteroatoms. The van der Waals surface area contributed by atoms with E-state index < -0.39 is 0 Å². The van der Waals surface area contributed by atoms with Gasteiger partial charge in [0.15, 0.2) is 0 Å². The van der Waals surface area contributed by atoms with Crippen LogP contribution in [0.25, 0.3) is 0 Å². The molecule has 0 aliphatic carbocycles. The van der Waals surface area contributed by atoms with Crippen molar-refractivity contribution in [2.45, 2.75) is 31.8 Å². The highest BCUT2D eigenvalue weighted by Crippen LogP contribution is 2.26. The van der Waals surface area contributed by atoms with E-state index in [4.69, 9.17) is 9.47 Å². The van der Waals surface area contributed by atoms with Crippen LogP contribution in [0.2, 0.25) is 0 Å². The molecule has 92 valence electrons. The fraction of sp³-hybridized carbons (Fsp3) is 0.571. The van der Waals surface area contributed by atoms with Crippen molar-refractivity contribution in [3.05, 3.63) is 29.3 Å². The molecule has 2 aliphatic heterocycles. The maximum Gasteiger partial charge on any atom is 0.122 e. The first kappa shape index (κ1) is 11.1. The van der Waals surface area contributed by atoms with E-state index in [2.05, 4.69) is 30.4 Å². The summed E-state index contributed by atoms with van der Waals surface area (Å²) in [6.07, 6.45) is 2.14. The topological polar surface area (TPSA) is 30.5 Å². The van der Waals surface area contributed by atoms with Crippen LogP contribution in [0.5, 0.6) is 5.75 Å². The minimum absolute atomic E-state index is 0.148.